The minimum absolute atomic E-state index is 0.111. The third-order valence-corrected chi connectivity index (χ3v) is 3.79. The molecule has 1 heterocycles. The van der Waals surface area contributed by atoms with Gasteiger partial charge in [0.1, 0.15) is 0 Å². The maximum atomic E-state index is 11.9. The maximum Gasteiger partial charge on any atom is 0.319 e. The van der Waals surface area contributed by atoms with E-state index < -0.39 is 0 Å². The summed E-state index contributed by atoms with van der Waals surface area (Å²) in [7, 11) is 3.61. The predicted molar refractivity (Wildman–Crippen MR) is 78.8 cm³/mol. The van der Waals surface area contributed by atoms with Crippen LogP contribution >= 0.6 is 0 Å². The van der Waals surface area contributed by atoms with Crippen molar-refractivity contribution in [2.45, 2.75) is 13.8 Å². The van der Waals surface area contributed by atoms with Gasteiger partial charge in [-0.05, 0) is 37.1 Å². The van der Waals surface area contributed by atoms with Gasteiger partial charge in [-0.2, -0.15) is 0 Å². The number of amides is 2. The number of aryl methyl sites for hydroxylation is 2. The second kappa shape index (κ2) is 5.51. The van der Waals surface area contributed by atoms with Gasteiger partial charge in [-0.1, -0.05) is 6.07 Å². The van der Waals surface area contributed by atoms with E-state index in [1.165, 1.54) is 16.8 Å². The quantitative estimate of drug-likeness (QED) is 0.774. The smallest absolute Gasteiger partial charge is 0.319 e. The fraction of sp³-hybridized carbons (Fsp3) is 0.533. The lowest BCUT2D eigenvalue weighted by atomic mass is 10.1. The Morgan fingerprint density at radius 1 is 1.05 bits per heavy atom. The first kappa shape index (κ1) is 13.7. The standard InChI is InChI=1S/C15H23N3O/c1-12-5-6-14(11-13(12)2)17-7-9-18(10-8-17)15(19)16(3)4/h5-6,11H,7-10H2,1-4H3. The van der Waals surface area contributed by atoms with Crippen molar-refractivity contribution in [3.8, 4) is 0 Å². The minimum atomic E-state index is 0.111. The van der Waals surface area contributed by atoms with Gasteiger partial charge in [-0.15, -0.1) is 0 Å². The SMILES string of the molecule is Cc1ccc(N2CCN(C(=O)N(C)C)CC2)cc1C. The third-order valence-electron chi connectivity index (χ3n) is 3.79. The number of hydrogen-bond donors (Lipinski definition) is 0. The normalized spacial score (nSPS) is 15.6. The molecule has 4 nitrogen and oxygen atoms in total. The van der Waals surface area contributed by atoms with Crippen LogP contribution in [0.3, 0.4) is 0 Å². The van der Waals surface area contributed by atoms with Gasteiger partial charge in [0.2, 0.25) is 0 Å². The van der Waals surface area contributed by atoms with Gasteiger partial charge in [0.15, 0.2) is 0 Å². The lowest BCUT2D eigenvalue weighted by Crippen LogP contribution is -2.51. The lowest BCUT2D eigenvalue weighted by Gasteiger charge is -2.37. The first-order valence-corrected chi connectivity index (χ1v) is 6.77. The summed E-state index contributed by atoms with van der Waals surface area (Å²) < 4.78 is 0. The zero-order valence-corrected chi connectivity index (χ0v) is 12.3. The Kier molecular flexibility index (Phi) is 3.98. The maximum absolute atomic E-state index is 11.9. The van der Waals surface area contributed by atoms with E-state index in [-0.39, 0.29) is 6.03 Å². The lowest BCUT2D eigenvalue weighted by molar-refractivity contribution is 0.168. The number of hydrogen-bond acceptors (Lipinski definition) is 2. The Balaban J connectivity index is 2.00. The molecule has 0 atom stereocenters. The highest BCUT2D eigenvalue weighted by Gasteiger charge is 2.22. The molecule has 0 N–H and O–H groups in total. The summed E-state index contributed by atoms with van der Waals surface area (Å²) >= 11 is 0. The average Bonchev–Trinajstić information content (AvgIpc) is 2.41. The molecule has 1 fully saturated rings. The Hall–Kier alpha value is -1.71. The summed E-state index contributed by atoms with van der Waals surface area (Å²) in [5.41, 5.74) is 3.91. The van der Waals surface area contributed by atoms with Crippen LogP contribution in [0.15, 0.2) is 18.2 Å². The number of anilines is 1. The average molecular weight is 261 g/mol. The topological polar surface area (TPSA) is 26.8 Å². The Labute approximate surface area is 115 Å². The highest BCUT2D eigenvalue weighted by molar-refractivity contribution is 5.74. The van der Waals surface area contributed by atoms with E-state index >= 15 is 0 Å². The number of rotatable bonds is 1. The number of urea groups is 1. The minimum Gasteiger partial charge on any atom is -0.368 e. The third kappa shape index (κ3) is 3.00. The fourth-order valence-electron chi connectivity index (χ4n) is 2.36. The van der Waals surface area contributed by atoms with Gasteiger partial charge in [0, 0.05) is 46.0 Å². The second-order valence-corrected chi connectivity index (χ2v) is 5.42. The molecule has 0 unspecified atom stereocenters. The zero-order chi connectivity index (χ0) is 14.0. The van der Waals surface area contributed by atoms with E-state index in [1.807, 2.05) is 4.90 Å². The van der Waals surface area contributed by atoms with E-state index in [2.05, 4.69) is 36.9 Å². The molecule has 0 spiro atoms. The molecular formula is C15H23N3O. The van der Waals surface area contributed by atoms with E-state index in [9.17, 15) is 4.79 Å². The molecule has 104 valence electrons. The van der Waals surface area contributed by atoms with Crippen molar-refractivity contribution < 1.29 is 4.79 Å². The summed E-state index contributed by atoms with van der Waals surface area (Å²) in [6, 6.07) is 6.69. The second-order valence-electron chi connectivity index (χ2n) is 5.42. The van der Waals surface area contributed by atoms with Gasteiger partial charge < -0.3 is 14.7 Å². The molecule has 0 radical (unpaired) electrons. The monoisotopic (exact) mass is 261 g/mol. The zero-order valence-electron chi connectivity index (χ0n) is 12.3. The van der Waals surface area contributed by atoms with Gasteiger partial charge in [-0.25, -0.2) is 4.79 Å². The summed E-state index contributed by atoms with van der Waals surface area (Å²) in [4.78, 5) is 17.8. The van der Waals surface area contributed by atoms with Crippen LogP contribution in [0, 0.1) is 13.8 Å². The number of nitrogens with zero attached hydrogens (tertiary/aromatic N) is 3. The summed E-state index contributed by atoms with van der Waals surface area (Å²) in [5.74, 6) is 0. The van der Waals surface area contributed by atoms with Crippen LogP contribution in [0.2, 0.25) is 0 Å². The van der Waals surface area contributed by atoms with Crippen LogP contribution in [0.4, 0.5) is 10.5 Å². The van der Waals surface area contributed by atoms with E-state index in [0.717, 1.165) is 26.2 Å². The molecule has 0 bridgehead atoms. The molecule has 0 aromatic heterocycles. The van der Waals surface area contributed by atoms with Gasteiger partial charge in [0.05, 0.1) is 0 Å². The van der Waals surface area contributed by atoms with Crippen molar-refractivity contribution in [2.24, 2.45) is 0 Å². The number of piperazine rings is 1. The molecule has 4 heteroatoms. The molecule has 1 aliphatic rings. The summed E-state index contributed by atoms with van der Waals surface area (Å²) in [6.07, 6.45) is 0. The molecule has 2 rings (SSSR count). The first-order valence-electron chi connectivity index (χ1n) is 6.77. The van der Waals surface area contributed by atoms with Crippen LogP contribution in [-0.4, -0.2) is 56.1 Å². The van der Waals surface area contributed by atoms with Gasteiger partial charge in [0.25, 0.3) is 0 Å². The molecule has 1 aromatic rings. The van der Waals surface area contributed by atoms with Gasteiger partial charge >= 0.3 is 6.03 Å². The van der Waals surface area contributed by atoms with Crippen molar-refractivity contribution in [2.75, 3.05) is 45.2 Å². The molecule has 2 amide bonds. The van der Waals surface area contributed by atoms with Crippen LogP contribution in [-0.2, 0) is 0 Å². The molecule has 1 aliphatic heterocycles. The van der Waals surface area contributed by atoms with Crippen molar-refractivity contribution in [3.05, 3.63) is 29.3 Å². The van der Waals surface area contributed by atoms with Gasteiger partial charge in [-0.3, -0.25) is 0 Å². The summed E-state index contributed by atoms with van der Waals surface area (Å²) in [6.45, 7) is 7.68. The van der Waals surface area contributed by atoms with Crippen LogP contribution < -0.4 is 4.90 Å². The Bertz CT molecular complexity index is 462. The molecule has 0 saturated carbocycles. The number of carbonyl (C=O) groups excluding carboxylic acids is 1. The molecule has 19 heavy (non-hydrogen) atoms. The van der Waals surface area contributed by atoms with Crippen molar-refractivity contribution in [3.63, 3.8) is 0 Å². The number of benzene rings is 1. The predicted octanol–water partition coefficient (Wildman–Crippen LogP) is 2.11. The molecule has 0 aliphatic carbocycles. The highest BCUT2D eigenvalue weighted by Crippen LogP contribution is 2.20. The van der Waals surface area contributed by atoms with E-state index in [4.69, 9.17) is 0 Å². The Morgan fingerprint density at radius 3 is 2.21 bits per heavy atom. The summed E-state index contributed by atoms with van der Waals surface area (Å²) in [5, 5.41) is 0. The van der Waals surface area contributed by atoms with Crippen molar-refractivity contribution in [1.82, 2.24) is 9.80 Å². The first-order chi connectivity index (χ1) is 8.99. The molecule has 1 aromatic carbocycles. The van der Waals surface area contributed by atoms with Crippen LogP contribution in [0.5, 0.6) is 0 Å². The van der Waals surface area contributed by atoms with Crippen molar-refractivity contribution in [1.29, 1.82) is 0 Å². The van der Waals surface area contributed by atoms with Crippen LogP contribution in [0.1, 0.15) is 11.1 Å². The molecule has 1 saturated heterocycles. The van der Waals surface area contributed by atoms with Crippen LogP contribution in [0.25, 0.3) is 0 Å². The fourth-order valence-corrected chi connectivity index (χ4v) is 2.36. The van der Waals surface area contributed by atoms with E-state index in [0.29, 0.717) is 0 Å². The molecular weight excluding hydrogens is 238 g/mol. The van der Waals surface area contributed by atoms with E-state index in [1.54, 1.807) is 19.0 Å². The highest BCUT2D eigenvalue weighted by atomic mass is 16.2. The largest absolute Gasteiger partial charge is 0.368 e. The van der Waals surface area contributed by atoms with Crippen molar-refractivity contribution >= 4 is 11.7 Å². The number of carbonyl (C=O) groups is 1. The Morgan fingerprint density at radius 2 is 1.68 bits per heavy atom.